The molecule has 92 valence electrons. The Hall–Kier alpha value is -1.51. The molecular weight excluding hydrogens is 216 g/mol. The lowest BCUT2D eigenvalue weighted by atomic mass is 9.80. The van der Waals surface area contributed by atoms with Crippen molar-refractivity contribution in [3.8, 4) is 11.5 Å². The summed E-state index contributed by atoms with van der Waals surface area (Å²) in [7, 11) is 3.23. The van der Waals surface area contributed by atoms with Gasteiger partial charge in [0, 0.05) is 0 Å². The van der Waals surface area contributed by atoms with E-state index in [1.807, 2.05) is 18.2 Å². The quantitative estimate of drug-likeness (QED) is 0.751. The number of rotatable bonds is 4. The third-order valence-corrected chi connectivity index (χ3v) is 3.68. The lowest BCUT2D eigenvalue weighted by molar-refractivity contribution is -0.112. The van der Waals surface area contributed by atoms with Gasteiger partial charge >= 0.3 is 0 Å². The first-order chi connectivity index (χ1) is 8.25. The summed E-state index contributed by atoms with van der Waals surface area (Å²) in [4.78, 5) is 11.4. The van der Waals surface area contributed by atoms with Gasteiger partial charge in [0.25, 0.3) is 0 Å². The van der Waals surface area contributed by atoms with E-state index in [1.54, 1.807) is 14.2 Å². The maximum absolute atomic E-state index is 11.4. The molecule has 0 radical (unpaired) electrons. The summed E-state index contributed by atoms with van der Waals surface area (Å²) in [6.45, 7) is 0. The highest BCUT2D eigenvalue weighted by Crippen LogP contribution is 2.42. The fourth-order valence-corrected chi connectivity index (χ4v) is 2.63. The fraction of sp³-hybridized carbons (Fsp3) is 0.500. The Balaban J connectivity index is 2.41. The molecule has 0 spiro atoms. The minimum Gasteiger partial charge on any atom is -0.493 e. The van der Waals surface area contributed by atoms with Crippen molar-refractivity contribution >= 4 is 6.29 Å². The average Bonchev–Trinajstić information content (AvgIpc) is 2.88. The second-order valence-electron chi connectivity index (χ2n) is 4.55. The molecule has 0 unspecified atom stereocenters. The smallest absolute Gasteiger partial charge is 0.161 e. The summed E-state index contributed by atoms with van der Waals surface area (Å²) < 4.78 is 10.5. The molecule has 3 nitrogen and oxygen atoms in total. The highest BCUT2D eigenvalue weighted by Gasteiger charge is 2.35. The molecule has 1 aromatic carbocycles. The summed E-state index contributed by atoms with van der Waals surface area (Å²) in [6.07, 6.45) is 5.21. The molecule has 3 heteroatoms. The molecule has 1 saturated carbocycles. The Morgan fingerprint density at radius 2 is 1.76 bits per heavy atom. The van der Waals surface area contributed by atoms with E-state index in [0.717, 1.165) is 37.5 Å². The molecule has 0 amide bonds. The van der Waals surface area contributed by atoms with Crippen molar-refractivity contribution in [2.45, 2.75) is 31.1 Å². The van der Waals surface area contributed by atoms with E-state index in [-0.39, 0.29) is 5.41 Å². The van der Waals surface area contributed by atoms with Crippen molar-refractivity contribution in [1.82, 2.24) is 0 Å². The first-order valence-electron chi connectivity index (χ1n) is 5.94. The van der Waals surface area contributed by atoms with Crippen LogP contribution in [0.25, 0.3) is 0 Å². The molecule has 0 N–H and O–H groups in total. The third-order valence-electron chi connectivity index (χ3n) is 3.68. The number of benzene rings is 1. The van der Waals surface area contributed by atoms with E-state index < -0.39 is 0 Å². The summed E-state index contributed by atoms with van der Waals surface area (Å²) in [5.41, 5.74) is 0.738. The Kier molecular flexibility index (Phi) is 3.36. The molecule has 0 aliphatic heterocycles. The van der Waals surface area contributed by atoms with E-state index in [4.69, 9.17) is 9.47 Å². The van der Waals surface area contributed by atoms with Gasteiger partial charge in [-0.3, -0.25) is 0 Å². The first-order valence-corrected chi connectivity index (χ1v) is 5.94. The Morgan fingerprint density at radius 1 is 1.12 bits per heavy atom. The van der Waals surface area contributed by atoms with Crippen LogP contribution in [0.5, 0.6) is 11.5 Å². The summed E-state index contributed by atoms with van der Waals surface area (Å²) in [6, 6.07) is 5.78. The van der Waals surface area contributed by atoms with E-state index in [0.29, 0.717) is 11.5 Å². The van der Waals surface area contributed by atoms with Crippen LogP contribution >= 0.6 is 0 Å². The summed E-state index contributed by atoms with van der Waals surface area (Å²) >= 11 is 0. The van der Waals surface area contributed by atoms with Crippen molar-refractivity contribution in [1.29, 1.82) is 0 Å². The van der Waals surface area contributed by atoms with Gasteiger partial charge < -0.3 is 14.3 Å². The number of methoxy groups -OCH3 is 2. The van der Waals surface area contributed by atoms with Crippen LogP contribution in [0.3, 0.4) is 0 Å². The van der Waals surface area contributed by atoms with Gasteiger partial charge in [-0.15, -0.1) is 0 Å². The highest BCUT2D eigenvalue weighted by molar-refractivity contribution is 5.70. The van der Waals surface area contributed by atoms with E-state index >= 15 is 0 Å². The van der Waals surface area contributed by atoms with Gasteiger partial charge in [0.15, 0.2) is 11.5 Å². The van der Waals surface area contributed by atoms with Crippen molar-refractivity contribution in [2.24, 2.45) is 0 Å². The second-order valence-corrected chi connectivity index (χ2v) is 4.55. The topological polar surface area (TPSA) is 35.5 Å². The van der Waals surface area contributed by atoms with Gasteiger partial charge in [0.2, 0.25) is 0 Å². The third kappa shape index (κ3) is 2.02. The molecule has 1 fully saturated rings. The molecule has 0 bridgehead atoms. The van der Waals surface area contributed by atoms with Gasteiger partial charge in [-0.25, -0.2) is 0 Å². The molecule has 0 heterocycles. The zero-order valence-electron chi connectivity index (χ0n) is 10.4. The summed E-state index contributed by atoms with van der Waals surface area (Å²) in [5.74, 6) is 1.40. The fourth-order valence-electron chi connectivity index (χ4n) is 2.63. The SMILES string of the molecule is COc1ccc(C2(C=O)CCCC2)cc1OC. The van der Waals surface area contributed by atoms with Crippen molar-refractivity contribution in [2.75, 3.05) is 14.2 Å². The van der Waals surface area contributed by atoms with Gasteiger partial charge in [0.1, 0.15) is 6.29 Å². The van der Waals surface area contributed by atoms with Crippen LogP contribution in [0.1, 0.15) is 31.2 Å². The maximum atomic E-state index is 11.4. The minimum absolute atomic E-state index is 0.306. The standard InChI is InChI=1S/C14H18O3/c1-16-12-6-5-11(9-13(12)17-2)14(10-15)7-3-4-8-14/h5-6,9-10H,3-4,7-8H2,1-2H3. The second kappa shape index (κ2) is 4.78. The van der Waals surface area contributed by atoms with Crippen LogP contribution in [0.4, 0.5) is 0 Å². The van der Waals surface area contributed by atoms with Gasteiger partial charge in [-0.2, -0.15) is 0 Å². The number of ether oxygens (including phenoxy) is 2. The Bertz CT molecular complexity index is 406. The number of carbonyl (C=O) groups is 1. The van der Waals surface area contributed by atoms with Gasteiger partial charge in [-0.05, 0) is 30.5 Å². The van der Waals surface area contributed by atoms with Crippen LogP contribution in [-0.4, -0.2) is 20.5 Å². The molecule has 2 rings (SSSR count). The van der Waals surface area contributed by atoms with Crippen LogP contribution < -0.4 is 9.47 Å². The molecular formula is C14H18O3. The van der Waals surface area contributed by atoms with Crippen LogP contribution in [0.2, 0.25) is 0 Å². The number of hydrogen-bond donors (Lipinski definition) is 0. The van der Waals surface area contributed by atoms with E-state index in [1.165, 1.54) is 0 Å². The van der Waals surface area contributed by atoms with Crippen LogP contribution in [0.15, 0.2) is 18.2 Å². The zero-order valence-corrected chi connectivity index (χ0v) is 10.4. The largest absolute Gasteiger partial charge is 0.493 e. The van der Waals surface area contributed by atoms with Gasteiger partial charge in [0.05, 0.1) is 19.6 Å². The normalized spacial score (nSPS) is 17.8. The van der Waals surface area contributed by atoms with E-state index in [9.17, 15) is 4.79 Å². The molecule has 1 aliphatic carbocycles. The molecule has 17 heavy (non-hydrogen) atoms. The molecule has 1 aliphatic rings. The van der Waals surface area contributed by atoms with Crippen molar-refractivity contribution in [3.63, 3.8) is 0 Å². The lowest BCUT2D eigenvalue weighted by Crippen LogP contribution is -2.23. The highest BCUT2D eigenvalue weighted by atomic mass is 16.5. The summed E-state index contributed by atoms with van der Waals surface area (Å²) in [5, 5.41) is 0. The first kappa shape index (κ1) is 12.0. The average molecular weight is 234 g/mol. The van der Waals surface area contributed by atoms with Gasteiger partial charge in [-0.1, -0.05) is 18.9 Å². The predicted octanol–water partition coefficient (Wildman–Crippen LogP) is 2.71. The Morgan fingerprint density at radius 3 is 2.29 bits per heavy atom. The van der Waals surface area contributed by atoms with E-state index in [2.05, 4.69) is 0 Å². The Labute approximate surface area is 102 Å². The number of hydrogen-bond acceptors (Lipinski definition) is 3. The molecule has 0 saturated heterocycles. The minimum atomic E-state index is -0.306. The predicted molar refractivity (Wildman–Crippen MR) is 65.8 cm³/mol. The van der Waals surface area contributed by atoms with Crippen molar-refractivity contribution in [3.05, 3.63) is 23.8 Å². The number of carbonyl (C=O) groups excluding carboxylic acids is 1. The zero-order chi connectivity index (χ0) is 12.3. The maximum Gasteiger partial charge on any atom is 0.161 e. The van der Waals surface area contributed by atoms with Crippen LogP contribution in [0, 0.1) is 0 Å². The number of aldehydes is 1. The molecule has 1 aromatic rings. The molecule has 0 aromatic heterocycles. The monoisotopic (exact) mass is 234 g/mol. The van der Waals surface area contributed by atoms with Crippen molar-refractivity contribution < 1.29 is 14.3 Å². The van der Waals surface area contributed by atoms with Crippen LogP contribution in [-0.2, 0) is 10.2 Å². The lowest BCUT2D eigenvalue weighted by Gasteiger charge is -2.23. The molecule has 0 atom stereocenters.